The van der Waals surface area contributed by atoms with Crippen LogP contribution in [-0.4, -0.2) is 86.5 Å². The molecule has 2 N–H and O–H groups in total. The molecule has 4 rings (SSSR count). The Balaban J connectivity index is 1.55. The molecule has 2 aromatic heterocycles. The number of H-pyrrole nitrogens is 1. The van der Waals surface area contributed by atoms with Crippen LogP contribution in [0.3, 0.4) is 0 Å². The molecule has 2 aromatic rings. The van der Waals surface area contributed by atoms with Gasteiger partial charge >= 0.3 is 12.0 Å². The average Bonchev–Trinajstić information content (AvgIpc) is 3.34. The smallest absolute Gasteiger partial charge is 0.321 e. The van der Waals surface area contributed by atoms with Gasteiger partial charge in [0.2, 0.25) is 6.29 Å². The number of amides is 2. The van der Waals surface area contributed by atoms with Gasteiger partial charge in [0.1, 0.15) is 0 Å². The molecule has 192 valence electrons. The molecule has 1 saturated heterocycles. The van der Waals surface area contributed by atoms with Crippen molar-refractivity contribution in [3.8, 4) is 6.01 Å². The summed E-state index contributed by atoms with van der Waals surface area (Å²) in [6, 6.07) is 0.346. The minimum absolute atomic E-state index is 0.00918. The molecule has 1 fully saturated rings. The number of methoxy groups -OCH3 is 1. The molecule has 11 nitrogen and oxygen atoms in total. The lowest BCUT2D eigenvalue weighted by molar-refractivity contribution is -0.0601. The zero-order valence-corrected chi connectivity index (χ0v) is 21.4. The van der Waals surface area contributed by atoms with Crippen LogP contribution in [0.4, 0.5) is 20.8 Å². The van der Waals surface area contributed by atoms with Crippen molar-refractivity contribution in [2.24, 2.45) is 0 Å². The van der Waals surface area contributed by atoms with Crippen LogP contribution in [0.15, 0.2) is 6.20 Å². The Hall–Kier alpha value is -2.99. The summed E-state index contributed by atoms with van der Waals surface area (Å²) in [5.74, 6) is -0.310. The highest BCUT2D eigenvalue weighted by Crippen LogP contribution is 2.42. The van der Waals surface area contributed by atoms with Gasteiger partial charge in [0.25, 0.3) is 0 Å². The van der Waals surface area contributed by atoms with Gasteiger partial charge in [-0.15, -0.1) is 0 Å². The molecule has 4 heterocycles. The Kier molecular flexibility index (Phi) is 6.87. The number of nitrogens with one attached hydrogen (secondary N) is 2. The largest absolute Gasteiger partial charge is 0.434 e. The van der Waals surface area contributed by atoms with Crippen molar-refractivity contribution in [3.63, 3.8) is 0 Å². The third kappa shape index (κ3) is 4.64. The lowest BCUT2D eigenvalue weighted by atomic mass is 10.0. The number of rotatable bonds is 6. The van der Waals surface area contributed by atoms with E-state index in [4.69, 9.17) is 9.47 Å². The molecule has 3 atom stereocenters. The van der Waals surface area contributed by atoms with Crippen molar-refractivity contribution in [2.75, 3.05) is 32.6 Å². The fourth-order valence-corrected chi connectivity index (χ4v) is 4.67. The number of halogens is 1. The first-order valence-corrected chi connectivity index (χ1v) is 11.9. The van der Waals surface area contributed by atoms with E-state index in [2.05, 4.69) is 51.3 Å². The fourth-order valence-electron chi connectivity index (χ4n) is 4.67. The van der Waals surface area contributed by atoms with E-state index in [1.807, 2.05) is 30.6 Å². The molecule has 0 saturated carbocycles. The normalized spacial score (nSPS) is 22.7. The number of anilines is 2. The lowest BCUT2D eigenvalue weighted by Crippen LogP contribution is -2.60. The van der Waals surface area contributed by atoms with Gasteiger partial charge in [-0.05, 0) is 34.7 Å². The number of ether oxygens (including phenoxy) is 2. The summed E-state index contributed by atoms with van der Waals surface area (Å²) in [6.45, 7) is 11.9. The van der Waals surface area contributed by atoms with E-state index in [9.17, 15) is 9.18 Å². The predicted molar refractivity (Wildman–Crippen MR) is 128 cm³/mol. The Morgan fingerprint density at radius 2 is 2.06 bits per heavy atom. The summed E-state index contributed by atoms with van der Waals surface area (Å²) >= 11 is 0. The second-order valence-corrected chi connectivity index (χ2v) is 9.81. The molecular formula is C23H35FN8O3. The van der Waals surface area contributed by atoms with Crippen LogP contribution in [0.25, 0.3) is 0 Å². The molecule has 2 aliphatic rings. The SMILES string of the molecule is CCC(OC)Oc1ncc(F)c(Nc2n[nH]c3c2CN(C(=O)N2C[C@@H](C)N(C)C[C@@H]2C)C3(C)C)n1. The van der Waals surface area contributed by atoms with Gasteiger partial charge < -0.3 is 24.6 Å². The van der Waals surface area contributed by atoms with Crippen LogP contribution < -0.4 is 10.1 Å². The van der Waals surface area contributed by atoms with E-state index >= 15 is 0 Å². The first-order chi connectivity index (χ1) is 16.6. The minimum Gasteiger partial charge on any atom is -0.434 e. The van der Waals surface area contributed by atoms with Crippen molar-refractivity contribution in [3.05, 3.63) is 23.3 Å². The number of hydrogen-bond acceptors (Lipinski definition) is 8. The van der Waals surface area contributed by atoms with Crippen LogP contribution in [0, 0.1) is 5.82 Å². The number of likely N-dealkylation sites (N-methyl/N-ethyl adjacent to an activating group) is 1. The Morgan fingerprint density at radius 3 is 2.74 bits per heavy atom. The molecule has 1 unspecified atom stereocenters. The van der Waals surface area contributed by atoms with Crippen LogP contribution in [0.2, 0.25) is 0 Å². The number of carbonyl (C=O) groups excluding carboxylic acids is 1. The van der Waals surface area contributed by atoms with E-state index in [1.165, 1.54) is 7.11 Å². The second kappa shape index (κ2) is 9.57. The quantitative estimate of drug-likeness (QED) is 0.595. The molecule has 0 aliphatic carbocycles. The first-order valence-electron chi connectivity index (χ1n) is 11.9. The molecule has 2 amide bonds. The third-order valence-electron chi connectivity index (χ3n) is 7.04. The Labute approximate surface area is 205 Å². The van der Waals surface area contributed by atoms with Crippen LogP contribution >= 0.6 is 0 Å². The summed E-state index contributed by atoms with van der Waals surface area (Å²) in [7, 11) is 3.60. The van der Waals surface area contributed by atoms with Crippen molar-refractivity contribution in [1.29, 1.82) is 0 Å². The number of nitrogens with zero attached hydrogens (tertiary/aromatic N) is 6. The highest BCUT2D eigenvalue weighted by Gasteiger charge is 2.46. The van der Waals surface area contributed by atoms with Crippen LogP contribution in [0.5, 0.6) is 6.01 Å². The van der Waals surface area contributed by atoms with Gasteiger partial charge in [0, 0.05) is 44.3 Å². The molecule has 35 heavy (non-hydrogen) atoms. The molecule has 0 aromatic carbocycles. The van der Waals surface area contributed by atoms with Gasteiger partial charge in [0.15, 0.2) is 17.5 Å². The van der Waals surface area contributed by atoms with Crippen LogP contribution in [0.1, 0.15) is 52.3 Å². The average molecular weight is 491 g/mol. The van der Waals surface area contributed by atoms with E-state index in [0.29, 0.717) is 25.3 Å². The maximum atomic E-state index is 14.5. The molecule has 2 aliphatic heterocycles. The van der Waals surface area contributed by atoms with Crippen molar-refractivity contribution < 1.29 is 18.7 Å². The number of piperazine rings is 1. The van der Waals surface area contributed by atoms with Gasteiger partial charge in [-0.25, -0.2) is 14.2 Å². The van der Waals surface area contributed by atoms with Gasteiger partial charge in [-0.1, -0.05) is 6.92 Å². The van der Waals surface area contributed by atoms with Crippen molar-refractivity contribution >= 4 is 17.7 Å². The number of carbonyl (C=O) groups is 1. The maximum absolute atomic E-state index is 14.5. The lowest BCUT2D eigenvalue weighted by Gasteiger charge is -2.45. The van der Waals surface area contributed by atoms with Gasteiger partial charge in [0.05, 0.1) is 24.0 Å². The summed E-state index contributed by atoms with van der Waals surface area (Å²) in [6.07, 6.45) is 1.08. The molecule has 12 heteroatoms. The highest BCUT2D eigenvalue weighted by atomic mass is 19.1. The predicted octanol–water partition coefficient (Wildman–Crippen LogP) is 3.04. The molecule has 0 bridgehead atoms. The fraction of sp³-hybridized carbons (Fsp3) is 0.652. The Morgan fingerprint density at radius 1 is 1.31 bits per heavy atom. The topological polar surface area (TPSA) is 112 Å². The van der Waals surface area contributed by atoms with Gasteiger partial charge in [-0.2, -0.15) is 10.1 Å². The number of aromatic amines is 1. The second-order valence-electron chi connectivity index (χ2n) is 9.81. The highest BCUT2D eigenvalue weighted by molar-refractivity contribution is 5.78. The number of urea groups is 1. The van der Waals surface area contributed by atoms with E-state index in [0.717, 1.165) is 24.0 Å². The first kappa shape index (κ1) is 25.1. The monoisotopic (exact) mass is 490 g/mol. The number of hydrogen-bond donors (Lipinski definition) is 2. The van der Waals surface area contributed by atoms with Crippen molar-refractivity contribution in [1.82, 2.24) is 34.9 Å². The third-order valence-corrected chi connectivity index (χ3v) is 7.04. The number of aromatic nitrogens is 4. The van der Waals surface area contributed by atoms with E-state index in [-0.39, 0.29) is 29.9 Å². The summed E-state index contributed by atoms with van der Waals surface area (Å²) in [5.41, 5.74) is 0.985. The standard InChI is InChI=1S/C23H35FN8O3/c1-8-17(34-7)35-21-25-9-16(24)20(27-21)26-19-15-12-32(23(4,5)18(15)28-29-19)22(33)31-11-13(2)30(6)10-14(31)3/h9,13-14,17H,8,10-12H2,1-7H3,(H2,25,26,27,28,29)/t13-,14+,17?/m1/s1. The zero-order valence-electron chi connectivity index (χ0n) is 21.4. The summed E-state index contributed by atoms with van der Waals surface area (Å²) < 4.78 is 25.3. The Bertz CT molecular complexity index is 1070. The van der Waals surface area contributed by atoms with Crippen molar-refractivity contribution in [2.45, 2.75) is 71.5 Å². The minimum atomic E-state index is -0.648. The number of fused-ring (bicyclic) bond motifs is 1. The van der Waals surface area contributed by atoms with Gasteiger partial charge in [-0.3, -0.25) is 10.00 Å². The molecular weight excluding hydrogens is 455 g/mol. The maximum Gasteiger partial charge on any atom is 0.321 e. The summed E-state index contributed by atoms with van der Waals surface area (Å²) in [4.78, 5) is 27.7. The van der Waals surface area contributed by atoms with E-state index in [1.54, 1.807) is 0 Å². The summed E-state index contributed by atoms with van der Waals surface area (Å²) in [5, 5.41) is 10.3. The molecule has 0 radical (unpaired) electrons. The molecule has 0 spiro atoms. The zero-order chi connectivity index (χ0) is 25.5. The van der Waals surface area contributed by atoms with Crippen LogP contribution in [-0.2, 0) is 16.8 Å². The van der Waals surface area contributed by atoms with E-state index < -0.39 is 17.6 Å².